The van der Waals surface area contributed by atoms with Crippen LogP contribution in [-0.4, -0.2) is 44.7 Å². The summed E-state index contributed by atoms with van der Waals surface area (Å²) in [6.07, 6.45) is 5.25. The number of nitrogens with zero attached hydrogens (tertiary/aromatic N) is 2. The molecule has 134 valence electrons. The zero-order valence-corrected chi connectivity index (χ0v) is 16.8. The molecule has 1 saturated heterocycles. The van der Waals surface area contributed by atoms with Crippen molar-refractivity contribution in [2.45, 2.75) is 31.8 Å². The Bertz CT molecular complexity index is 560. The van der Waals surface area contributed by atoms with Crippen molar-refractivity contribution in [3.8, 4) is 0 Å². The molecule has 2 fully saturated rings. The van der Waals surface area contributed by atoms with Crippen LogP contribution in [-0.2, 0) is 4.74 Å². The predicted octanol–water partition coefficient (Wildman–Crippen LogP) is 3.58. The average molecular weight is 447 g/mol. The van der Waals surface area contributed by atoms with Gasteiger partial charge in [0.1, 0.15) is 5.82 Å². The summed E-state index contributed by atoms with van der Waals surface area (Å²) in [6.45, 7) is 2.81. The Hall–Kier alpha value is -0.890. The van der Waals surface area contributed by atoms with Crippen molar-refractivity contribution in [3.63, 3.8) is 0 Å². The number of benzene rings is 1. The molecule has 6 heteroatoms. The van der Waals surface area contributed by atoms with E-state index < -0.39 is 0 Å². The molecule has 0 radical (unpaired) electrons. The highest BCUT2D eigenvalue weighted by atomic mass is 127. The van der Waals surface area contributed by atoms with Crippen molar-refractivity contribution in [3.05, 3.63) is 35.6 Å². The van der Waals surface area contributed by atoms with E-state index in [9.17, 15) is 4.39 Å². The maximum Gasteiger partial charge on any atom is 0.193 e. The number of hydrogen-bond donors (Lipinski definition) is 1. The van der Waals surface area contributed by atoms with Gasteiger partial charge in [-0.3, -0.25) is 4.99 Å². The van der Waals surface area contributed by atoms with Crippen molar-refractivity contribution in [1.29, 1.82) is 0 Å². The summed E-state index contributed by atoms with van der Waals surface area (Å²) in [6, 6.07) is 6.48. The summed E-state index contributed by atoms with van der Waals surface area (Å²) in [5, 5.41) is 3.42. The molecule has 1 unspecified atom stereocenters. The van der Waals surface area contributed by atoms with E-state index in [0.29, 0.717) is 12.0 Å². The van der Waals surface area contributed by atoms with Crippen LogP contribution < -0.4 is 5.32 Å². The fourth-order valence-electron chi connectivity index (χ4n) is 3.73. The van der Waals surface area contributed by atoms with Gasteiger partial charge in [-0.25, -0.2) is 4.39 Å². The smallest absolute Gasteiger partial charge is 0.193 e. The molecule has 4 nitrogen and oxygen atoms in total. The first-order chi connectivity index (χ1) is 11.2. The Morgan fingerprint density at radius 3 is 2.54 bits per heavy atom. The van der Waals surface area contributed by atoms with Crippen molar-refractivity contribution in [1.82, 2.24) is 10.2 Å². The predicted molar refractivity (Wildman–Crippen MR) is 105 cm³/mol. The van der Waals surface area contributed by atoms with Crippen LogP contribution in [0.25, 0.3) is 0 Å². The van der Waals surface area contributed by atoms with E-state index in [1.54, 1.807) is 19.2 Å². The van der Waals surface area contributed by atoms with Gasteiger partial charge in [0, 0.05) is 33.8 Å². The first-order valence-corrected chi connectivity index (χ1v) is 8.40. The van der Waals surface area contributed by atoms with Crippen LogP contribution in [0, 0.1) is 11.2 Å². The van der Waals surface area contributed by atoms with E-state index in [1.165, 1.54) is 37.8 Å². The maximum atomic E-state index is 13.1. The molecule has 0 amide bonds. The summed E-state index contributed by atoms with van der Waals surface area (Å²) < 4.78 is 18.6. The van der Waals surface area contributed by atoms with Crippen LogP contribution in [0.2, 0.25) is 0 Å². The van der Waals surface area contributed by atoms with Gasteiger partial charge in [-0.05, 0) is 42.4 Å². The molecular weight excluding hydrogens is 420 g/mol. The molecule has 1 heterocycles. The first kappa shape index (κ1) is 19.4. The summed E-state index contributed by atoms with van der Waals surface area (Å²) >= 11 is 0. The number of methoxy groups -OCH3 is 1. The van der Waals surface area contributed by atoms with E-state index in [4.69, 9.17) is 4.74 Å². The zero-order chi connectivity index (χ0) is 16.3. The van der Waals surface area contributed by atoms with Gasteiger partial charge in [-0.15, -0.1) is 24.0 Å². The Morgan fingerprint density at radius 1 is 1.33 bits per heavy atom. The SMILES string of the molecule is CN=C(NCC(OC)c1ccc(F)cc1)N1CCC2(CCC2)C1.I. The second-order valence-electron chi connectivity index (χ2n) is 6.73. The summed E-state index contributed by atoms with van der Waals surface area (Å²) in [5.41, 5.74) is 1.52. The monoisotopic (exact) mass is 447 g/mol. The van der Waals surface area contributed by atoms with Gasteiger partial charge in [0.15, 0.2) is 5.96 Å². The van der Waals surface area contributed by atoms with Crippen LogP contribution in [0.4, 0.5) is 4.39 Å². The molecule has 0 aromatic heterocycles. The molecule has 1 N–H and O–H groups in total. The Morgan fingerprint density at radius 2 is 2.04 bits per heavy atom. The molecule has 1 saturated carbocycles. The lowest BCUT2D eigenvalue weighted by Gasteiger charge is -2.38. The molecule has 3 rings (SSSR count). The zero-order valence-electron chi connectivity index (χ0n) is 14.4. The number of hydrogen-bond acceptors (Lipinski definition) is 2. The Kier molecular flexibility index (Phi) is 6.86. The third kappa shape index (κ3) is 4.20. The van der Waals surface area contributed by atoms with Gasteiger partial charge in [0.2, 0.25) is 0 Å². The van der Waals surface area contributed by atoms with E-state index >= 15 is 0 Å². The van der Waals surface area contributed by atoms with Gasteiger partial charge < -0.3 is 15.0 Å². The van der Waals surface area contributed by atoms with Gasteiger partial charge in [-0.2, -0.15) is 0 Å². The lowest BCUT2D eigenvalue weighted by atomic mass is 9.68. The summed E-state index contributed by atoms with van der Waals surface area (Å²) in [7, 11) is 3.51. The molecule has 1 aliphatic carbocycles. The van der Waals surface area contributed by atoms with Crippen LogP contribution in [0.1, 0.15) is 37.4 Å². The molecule has 1 aliphatic heterocycles. The second-order valence-corrected chi connectivity index (χ2v) is 6.73. The van der Waals surface area contributed by atoms with Crippen molar-refractivity contribution in [2.75, 3.05) is 33.8 Å². The van der Waals surface area contributed by atoms with Gasteiger partial charge >= 0.3 is 0 Å². The third-order valence-electron chi connectivity index (χ3n) is 5.34. The number of guanidine groups is 1. The topological polar surface area (TPSA) is 36.9 Å². The second kappa shape index (κ2) is 8.47. The normalized spacial score (nSPS) is 20.5. The Labute approximate surface area is 160 Å². The number of ether oxygens (including phenoxy) is 1. The first-order valence-electron chi connectivity index (χ1n) is 8.40. The number of rotatable bonds is 4. The number of halogens is 2. The van der Waals surface area contributed by atoms with Crippen molar-refractivity contribution in [2.24, 2.45) is 10.4 Å². The highest BCUT2D eigenvalue weighted by Gasteiger charge is 2.43. The molecular formula is C18H27FIN3O. The highest BCUT2D eigenvalue weighted by Crippen LogP contribution is 2.47. The van der Waals surface area contributed by atoms with Gasteiger partial charge in [0.05, 0.1) is 6.10 Å². The average Bonchev–Trinajstić information content (AvgIpc) is 2.99. The maximum absolute atomic E-state index is 13.1. The standard InChI is InChI=1S/C18H26FN3O.HI/c1-20-17(22-11-10-18(13-22)8-3-9-18)21-12-16(23-2)14-4-6-15(19)7-5-14;/h4-7,16H,3,8-13H2,1-2H3,(H,20,21);1H. The van der Waals surface area contributed by atoms with E-state index in [2.05, 4.69) is 15.2 Å². The summed E-state index contributed by atoms with van der Waals surface area (Å²) in [5.74, 6) is 0.716. The molecule has 0 bridgehead atoms. The van der Waals surface area contributed by atoms with E-state index in [-0.39, 0.29) is 35.9 Å². The molecule has 1 aromatic rings. The fourth-order valence-corrected chi connectivity index (χ4v) is 3.73. The molecule has 2 aliphatic rings. The third-order valence-corrected chi connectivity index (χ3v) is 5.34. The lowest BCUT2D eigenvalue weighted by molar-refractivity contribution is 0.105. The van der Waals surface area contributed by atoms with Crippen LogP contribution in [0.15, 0.2) is 29.3 Å². The van der Waals surface area contributed by atoms with Crippen molar-refractivity contribution < 1.29 is 9.13 Å². The molecule has 24 heavy (non-hydrogen) atoms. The van der Waals surface area contributed by atoms with Crippen LogP contribution in [0.3, 0.4) is 0 Å². The minimum Gasteiger partial charge on any atom is -0.375 e. The van der Waals surface area contributed by atoms with Crippen LogP contribution >= 0.6 is 24.0 Å². The van der Waals surface area contributed by atoms with E-state index in [0.717, 1.165) is 24.6 Å². The minimum atomic E-state index is -0.227. The van der Waals surface area contributed by atoms with Crippen molar-refractivity contribution >= 4 is 29.9 Å². The highest BCUT2D eigenvalue weighted by molar-refractivity contribution is 14.0. The van der Waals surface area contributed by atoms with E-state index in [1.807, 2.05) is 7.05 Å². The quantitative estimate of drug-likeness (QED) is 0.436. The van der Waals surface area contributed by atoms with Crippen LogP contribution in [0.5, 0.6) is 0 Å². The lowest BCUT2D eigenvalue weighted by Crippen LogP contribution is -2.43. The van der Waals surface area contributed by atoms with Gasteiger partial charge in [0.25, 0.3) is 0 Å². The molecule has 1 atom stereocenters. The largest absolute Gasteiger partial charge is 0.375 e. The van der Waals surface area contributed by atoms with Gasteiger partial charge in [-0.1, -0.05) is 18.6 Å². The minimum absolute atomic E-state index is 0. The fraction of sp³-hybridized carbons (Fsp3) is 0.611. The molecule has 1 aromatic carbocycles. The number of likely N-dealkylation sites (tertiary alicyclic amines) is 1. The number of nitrogens with one attached hydrogen (secondary N) is 1. The Balaban J connectivity index is 0.00000208. The summed E-state index contributed by atoms with van der Waals surface area (Å²) in [4.78, 5) is 6.78. The number of aliphatic imine (C=N–C) groups is 1. The molecule has 1 spiro atoms.